The largest absolute Gasteiger partial charge is 0.103 e. The van der Waals surface area contributed by atoms with Crippen LogP contribution in [0.2, 0.25) is 0 Å². The minimum Gasteiger partial charge on any atom is -0.103 e. The Labute approximate surface area is 206 Å². The van der Waals surface area contributed by atoms with Crippen molar-refractivity contribution in [3.05, 3.63) is 108 Å². The molecule has 1 aliphatic heterocycles. The van der Waals surface area contributed by atoms with E-state index in [4.69, 9.17) is 0 Å². The van der Waals surface area contributed by atoms with Crippen molar-refractivity contribution in [3.8, 4) is 11.1 Å². The second-order valence-corrected chi connectivity index (χ2v) is 9.33. The molecule has 2 aromatic carbocycles. The van der Waals surface area contributed by atoms with Crippen LogP contribution in [0.15, 0.2) is 96.9 Å². The maximum atomic E-state index is 3.36. The van der Waals surface area contributed by atoms with Crippen molar-refractivity contribution in [1.29, 1.82) is 0 Å². The van der Waals surface area contributed by atoms with Crippen LogP contribution >= 0.6 is 8.58 Å². The lowest BCUT2D eigenvalue weighted by molar-refractivity contribution is 0.504. The summed E-state index contributed by atoms with van der Waals surface area (Å²) in [5, 5.41) is 0. The molecule has 0 aromatic heterocycles. The number of hydrogen-bond acceptors (Lipinski definition) is 0. The van der Waals surface area contributed by atoms with E-state index >= 15 is 0 Å². The van der Waals surface area contributed by atoms with Gasteiger partial charge in [-0.1, -0.05) is 151 Å². The summed E-state index contributed by atoms with van der Waals surface area (Å²) < 4.78 is 0. The van der Waals surface area contributed by atoms with Crippen molar-refractivity contribution in [2.24, 2.45) is 0 Å². The van der Waals surface area contributed by atoms with Gasteiger partial charge < -0.3 is 0 Å². The molecule has 0 amide bonds. The van der Waals surface area contributed by atoms with Crippen molar-refractivity contribution in [2.75, 3.05) is 6.16 Å². The van der Waals surface area contributed by atoms with Gasteiger partial charge in [0.15, 0.2) is 0 Å². The Morgan fingerprint density at radius 1 is 0.818 bits per heavy atom. The summed E-state index contributed by atoms with van der Waals surface area (Å²) in [5.74, 6) is 2.30. The normalized spacial score (nSPS) is 18.7. The van der Waals surface area contributed by atoms with Gasteiger partial charge in [-0.3, -0.25) is 0 Å². The summed E-state index contributed by atoms with van der Waals surface area (Å²) in [6.45, 7) is 11.4. The molecule has 0 spiro atoms. The molecular weight excluding hydrogens is 415 g/mol. The van der Waals surface area contributed by atoms with Gasteiger partial charge in [-0.15, -0.1) is 6.58 Å². The lowest BCUT2D eigenvalue weighted by Gasteiger charge is -2.07. The molecule has 4 rings (SSSR count). The van der Waals surface area contributed by atoms with Gasteiger partial charge in [-0.05, 0) is 48.7 Å². The second-order valence-electron chi connectivity index (χ2n) is 8.18. The molecule has 1 atom stereocenters. The first kappa shape index (κ1) is 28.9. The first-order valence-electron chi connectivity index (χ1n) is 12.7. The fourth-order valence-electron chi connectivity index (χ4n) is 3.59. The standard InChI is InChI=1S/C21H21P.C6H12.C3H6.C2H6/c1-17-5-9-20(10-6-17)21-11-7-19(8-12-21)16-18-4-2-3-14-22-15-13-18;1-2-4-6-5-3-1;1-3-2;1-2/h2-13,15,22H,14,16H2,1H3;1-6H2;3H,1H2,2H3;1-2H3/b3-2-,15-13+,18-4+;;;. The first-order valence-corrected chi connectivity index (χ1v) is 14.0. The minimum atomic E-state index is 0.907. The fourth-order valence-corrected chi connectivity index (χ4v) is 4.33. The van der Waals surface area contributed by atoms with Crippen LogP contribution < -0.4 is 0 Å². The summed E-state index contributed by atoms with van der Waals surface area (Å²) in [6, 6.07) is 17.7. The number of allylic oxidation sites excluding steroid dienone is 6. The molecule has 0 bridgehead atoms. The van der Waals surface area contributed by atoms with Crippen molar-refractivity contribution >= 4 is 8.58 Å². The summed E-state index contributed by atoms with van der Waals surface area (Å²) in [6.07, 6.45) is 21.9. The summed E-state index contributed by atoms with van der Waals surface area (Å²) in [4.78, 5) is 0. The van der Waals surface area contributed by atoms with Crippen molar-refractivity contribution in [2.45, 2.75) is 72.6 Å². The van der Waals surface area contributed by atoms with E-state index in [0.717, 1.165) is 15.0 Å². The molecule has 0 radical (unpaired) electrons. The summed E-state index contributed by atoms with van der Waals surface area (Å²) >= 11 is 0. The van der Waals surface area contributed by atoms with E-state index in [0.29, 0.717) is 0 Å². The number of rotatable bonds is 3. The minimum absolute atomic E-state index is 0.907. The molecular formula is C32H45P. The third-order valence-electron chi connectivity index (χ3n) is 5.34. The predicted octanol–water partition coefficient (Wildman–Crippen LogP) is 10.5. The Hall–Kier alpha value is -2.17. The predicted molar refractivity (Wildman–Crippen MR) is 155 cm³/mol. The Kier molecular flexibility index (Phi) is 16.9. The van der Waals surface area contributed by atoms with Crippen LogP contribution in [0.25, 0.3) is 11.1 Å². The number of hydrogen-bond donors (Lipinski definition) is 0. The number of benzene rings is 2. The van der Waals surface area contributed by atoms with Crippen LogP contribution in [-0.4, -0.2) is 6.16 Å². The van der Waals surface area contributed by atoms with Gasteiger partial charge in [0.25, 0.3) is 0 Å². The maximum Gasteiger partial charge on any atom is -0.00258 e. The average Bonchev–Trinajstić information content (AvgIpc) is 2.85. The van der Waals surface area contributed by atoms with Crippen molar-refractivity contribution < 1.29 is 0 Å². The van der Waals surface area contributed by atoms with E-state index in [9.17, 15) is 0 Å². The zero-order chi connectivity index (χ0) is 24.2. The highest BCUT2D eigenvalue weighted by molar-refractivity contribution is 7.41. The highest BCUT2D eigenvalue weighted by Gasteiger charge is 2.00. The van der Waals surface area contributed by atoms with Gasteiger partial charge >= 0.3 is 0 Å². The molecule has 0 N–H and O–H groups in total. The summed E-state index contributed by atoms with van der Waals surface area (Å²) in [7, 11) is 0.907. The van der Waals surface area contributed by atoms with Gasteiger partial charge in [0, 0.05) is 0 Å². The van der Waals surface area contributed by atoms with E-state index in [1.807, 2.05) is 20.8 Å². The van der Waals surface area contributed by atoms with Crippen LogP contribution in [-0.2, 0) is 6.42 Å². The van der Waals surface area contributed by atoms with Crippen LogP contribution in [0.3, 0.4) is 0 Å². The van der Waals surface area contributed by atoms with Gasteiger partial charge in [0.05, 0.1) is 0 Å². The van der Waals surface area contributed by atoms with Gasteiger partial charge in [-0.2, -0.15) is 0 Å². The third-order valence-corrected chi connectivity index (χ3v) is 6.22. The van der Waals surface area contributed by atoms with Gasteiger partial charge in [-0.25, -0.2) is 0 Å². The Morgan fingerprint density at radius 3 is 1.82 bits per heavy atom. The third kappa shape index (κ3) is 13.2. The van der Waals surface area contributed by atoms with Crippen LogP contribution in [0, 0.1) is 6.92 Å². The molecule has 2 aliphatic rings. The monoisotopic (exact) mass is 460 g/mol. The zero-order valence-corrected chi connectivity index (χ0v) is 22.4. The smallest absolute Gasteiger partial charge is 0.00258 e. The zero-order valence-electron chi connectivity index (χ0n) is 21.4. The highest BCUT2D eigenvalue weighted by atomic mass is 31.1. The number of aryl methyl sites for hydroxylation is 1. The molecule has 0 saturated heterocycles. The van der Waals surface area contributed by atoms with E-state index in [-0.39, 0.29) is 0 Å². The quantitative estimate of drug-likeness (QED) is 0.315. The van der Waals surface area contributed by atoms with Crippen LogP contribution in [0.4, 0.5) is 0 Å². The molecule has 33 heavy (non-hydrogen) atoms. The Morgan fingerprint density at radius 2 is 1.30 bits per heavy atom. The van der Waals surface area contributed by atoms with Crippen LogP contribution in [0.1, 0.15) is 70.4 Å². The maximum absolute atomic E-state index is 3.36. The van der Waals surface area contributed by atoms with E-state index < -0.39 is 0 Å². The first-order chi connectivity index (χ1) is 16.2. The van der Waals surface area contributed by atoms with Crippen molar-refractivity contribution in [3.63, 3.8) is 0 Å². The summed E-state index contributed by atoms with van der Waals surface area (Å²) in [5.41, 5.74) is 6.62. The molecule has 1 saturated carbocycles. The topological polar surface area (TPSA) is 0 Å². The van der Waals surface area contributed by atoms with E-state index in [1.54, 1.807) is 6.08 Å². The van der Waals surface area contributed by atoms with Crippen LogP contribution in [0.5, 0.6) is 0 Å². The molecule has 1 fully saturated rings. The Balaban J connectivity index is 0.000000413. The molecule has 1 unspecified atom stereocenters. The average molecular weight is 461 g/mol. The second kappa shape index (κ2) is 19.3. The van der Waals surface area contributed by atoms with Gasteiger partial charge in [0.2, 0.25) is 0 Å². The highest BCUT2D eigenvalue weighted by Crippen LogP contribution is 2.22. The van der Waals surface area contributed by atoms with E-state index in [1.165, 1.54) is 72.5 Å². The fraction of sp³-hybridized carbons (Fsp3) is 0.375. The van der Waals surface area contributed by atoms with Crippen molar-refractivity contribution in [1.82, 2.24) is 0 Å². The molecule has 1 heterocycles. The molecule has 0 nitrogen and oxygen atoms in total. The SMILES string of the molecule is C1CCCCC1.C=CC.CC.Cc1ccc(-c2ccc(CC3=C/C=C\CP\C=C\3)cc2)cc1. The molecule has 178 valence electrons. The lowest BCUT2D eigenvalue weighted by Crippen LogP contribution is -1.89. The lowest BCUT2D eigenvalue weighted by atomic mass is 9.99. The molecule has 1 heteroatoms. The Bertz CT molecular complexity index is 820. The molecule has 2 aromatic rings. The van der Waals surface area contributed by atoms with Gasteiger partial charge in [0.1, 0.15) is 0 Å². The van der Waals surface area contributed by atoms with E-state index in [2.05, 4.69) is 92.2 Å². The molecule has 1 aliphatic carbocycles.